The first kappa shape index (κ1) is 23.1. The van der Waals surface area contributed by atoms with Crippen LogP contribution in [0.4, 0.5) is 13.2 Å². The Morgan fingerprint density at radius 2 is 1.77 bits per heavy atom. The molecule has 1 saturated heterocycles. The van der Waals surface area contributed by atoms with Crippen LogP contribution in [0.1, 0.15) is 38.9 Å². The van der Waals surface area contributed by atoms with Gasteiger partial charge in [-0.3, -0.25) is 9.69 Å². The number of carbonyl (C=O) groups is 1. The molecule has 0 N–H and O–H groups in total. The van der Waals surface area contributed by atoms with E-state index in [4.69, 9.17) is 14.2 Å². The van der Waals surface area contributed by atoms with E-state index in [1.54, 1.807) is 24.3 Å². The number of morpholine rings is 1. The molecule has 1 heterocycles. The van der Waals surface area contributed by atoms with E-state index >= 15 is 0 Å². The van der Waals surface area contributed by atoms with E-state index < -0.39 is 28.8 Å². The highest BCUT2D eigenvalue weighted by molar-refractivity contribution is 5.70. The van der Waals surface area contributed by atoms with Crippen LogP contribution < -0.4 is 4.74 Å². The van der Waals surface area contributed by atoms with Gasteiger partial charge in [-0.15, -0.1) is 0 Å². The maximum atomic E-state index is 13.8. The molecule has 0 aromatic heterocycles. The van der Waals surface area contributed by atoms with E-state index in [0.29, 0.717) is 44.8 Å². The average molecular weight is 437 g/mol. The summed E-state index contributed by atoms with van der Waals surface area (Å²) in [6.45, 7) is 7.90. The van der Waals surface area contributed by atoms with Crippen LogP contribution in [0.3, 0.4) is 0 Å². The quantitative estimate of drug-likeness (QED) is 0.595. The van der Waals surface area contributed by atoms with Crippen LogP contribution in [0.15, 0.2) is 36.4 Å². The minimum atomic E-state index is -1.11. The van der Waals surface area contributed by atoms with Gasteiger partial charge in [0.05, 0.1) is 19.1 Å². The van der Waals surface area contributed by atoms with Crippen LogP contribution in [0.2, 0.25) is 0 Å². The number of carbonyl (C=O) groups excluding carboxylic acids is 1. The number of rotatable bonds is 6. The maximum absolute atomic E-state index is 13.8. The maximum Gasteiger partial charge on any atom is 0.307 e. The zero-order valence-electron chi connectivity index (χ0n) is 17.8. The summed E-state index contributed by atoms with van der Waals surface area (Å²) in [5, 5.41) is 0. The summed E-state index contributed by atoms with van der Waals surface area (Å²) < 4.78 is 57.0. The van der Waals surface area contributed by atoms with Gasteiger partial charge < -0.3 is 14.2 Å². The fourth-order valence-electron chi connectivity index (χ4n) is 3.24. The van der Waals surface area contributed by atoms with Crippen LogP contribution in [0.5, 0.6) is 11.5 Å². The third kappa shape index (κ3) is 6.70. The standard InChI is InChI=1S/C23H26F3NO4/c1-23(2,3)31-21(28)8-9-27-10-11-29-20(14-27)15-4-6-17(7-5-15)30-22-18(25)12-16(24)13-19(22)26/h4-7,12-13,20H,8-11,14H2,1-3H3. The topological polar surface area (TPSA) is 48.0 Å². The molecule has 1 aliphatic rings. The summed E-state index contributed by atoms with van der Waals surface area (Å²) >= 11 is 0. The largest absolute Gasteiger partial charge is 0.460 e. The van der Waals surface area contributed by atoms with Crippen molar-refractivity contribution >= 4 is 5.97 Å². The summed E-state index contributed by atoms with van der Waals surface area (Å²) in [5.74, 6) is -3.92. The van der Waals surface area contributed by atoms with E-state index in [2.05, 4.69) is 4.90 Å². The Balaban J connectivity index is 1.57. The van der Waals surface area contributed by atoms with Crippen molar-refractivity contribution in [1.82, 2.24) is 4.90 Å². The van der Waals surface area contributed by atoms with Crippen molar-refractivity contribution in [3.8, 4) is 11.5 Å². The Morgan fingerprint density at radius 3 is 2.39 bits per heavy atom. The lowest BCUT2D eigenvalue weighted by molar-refractivity contribution is -0.155. The Hall–Kier alpha value is -2.58. The first-order valence-electron chi connectivity index (χ1n) is 10.1. The SMILES string of the molecule is CC(C)(C)OC(=O)CCN1CCOC(c2ccc(Oc3c(F)cc(F)cc3F)cc2)C1. The van der Waals surface area contributed by atoms with Crippen molar-refractivity contribution in [3.05, 3.63) is 59.4 Å². The highest BCUT2D eigenvalue weighted by Crippen LogP contribution is 2.30. The van der Waals surface area contributed by atoms with Crippen LogP contribution in [-0.4, -0.2) is 42.7 Å². The van der Waals surface area contributed by atoms with Gasteiger partial charge >= 0.3 is 5.97 Å². The van der Waals surface area contributed by atoms with Crippen molar-refractivity contribution in [2.75, 3.05) is 26.2 Å². The molecule has 0 amide bonds. The van der Waals surface area contributed by atoms with Gasteiger partial charge in [0.1, 0.15) is 17.2 Å². The molecule has 2 aromatic carbocycles. The molecule has 1 fully saturated rings. The lowest BCUT2D eigenvalue weighted by Gasteiger charge is -2.33. The first-order valence-corrected chi connectivity index (χ1v) is 10.1. The number of halogens is 3. The molecule has 2 aromatic rings. The van der Waals surface area contributed by atoms with Crippen LogP contribution in [0.25, 0.3) is 0 Å². The van der Waals surface area contributed by atoms with Crippen molar-refractivity contribution in [2.24, 2.45) is 0 Å². The fraction of sp³-hybridized carbons (Fsp3) is 0.435. The minimum Gasteiger partial charge on any atom is -0.460 e. The molecule has 5 nitrogen and oxygen atoms in total. The van der Waals surface area contributed by atoms with Gasteiger partial charge in [0, 0.05) is 31.8 Å². The number of nitrogens with zero attached hydrogens (tertiary/aromatic N) is 1. The van der Waals surface area contributed by atoms with Crippen LogP contribution in [0, 0.1) is 17.5 Å². The van der Waals surface area contributed by atoms with E-state index in [9.17, 15) is 18.0 Å². The molecule has 0 aliphatic carbocycles. The van der Waals surface area contributed by atoms with Crippen LogP contribution >= 0.6 is 0 Å². The Kier molecular flexibility index (Phi) is 7.23. The monoisotopic (exact) mass is 437 g/mol. The van der Waals surface area contributed by atoms with Crippen molar-refractivity contribution in [3.63, 3.8) is 0 Å². The predicted molar refractivity (Wildman–Crippen MR) is 108 cm³/mol. The molecule has 1 unspecified atom stereocenters. The summed E-state index contributed by atoms with van der Waals surface area (Å²) in [6.07, 6.45) is 0.0895. The van der Waals surface area contributed by atoms with Gasteiger partial charge in [-0.1, -0.05) is 12.1 Å². The lowest BCUT2D eigenvalue weighted by atomic mass is 10.1. The lowest BCUT2D eigenvalue weighted by Crippen LogP contribution is -2.39. The average Bonchev–Trinajstić information content (AvgIpc) is 2.68. The molecular formula is C23H26F3NO4. The van der Waals surface area contributed by atoms with Gasteiger partial charge in [0.15, 0.2) is 17.4 Å². The molecule has 0 radical (unpaired) electrons. The van der Waals surface area contributed by atoms with Crippen molar-refractivity contribution < 1.29 is 32.2 Å². The molecular weight excluding hydrogens is 411 g/mol. The molecule has 0 spiro atoms. The van der Waals surface area contributed by atoms with E-state index in [1.165, 1.54) is 0 Å². The first-order chi connectivity index (χ1) is 14.6. The van der Waals surface area contributed by atoms with Gasteiger partial charge in [-0.05, 0) is 38.5 Å². The van der Waals surface area contributed by atoms with Gasteiger partial charge in [-0.2, -0.15) is 0 Å². The summed E-state index contributed by atoms with van der Waals surface area (Å²) in [5.41, 5.74) is 0.364. The normalized spacial score (nSPS) is 17.4. The minimum absolute atomic E-state index is 0.208. The number of benzene rings is 2. The van der Waals surface area contributed by atoms with Gasteiger partial charge in [0.25, 0.3) is 0 Å². The zero-order valence-corrected chi connectivity index (χ0v) is 17.8. The van der Waals surface area contributed by atoms with E-state index in [0.717, 1.165) is 5.56 Å². The van der Waals surface area contributed by atoms with Gasteiger partial charge in [-0.25, -0.2) is 13.2 Å². The summed E-state index contributed by atoms with van der Waals surface area (Å²) in [6, 6.07) is 7.76. The van der Waals surface area contributed by atoms with Crippen molar-refractivity contribution in [2.45, 2.75) is 38.9 Å². The summed E-state index contributed by atoms with van der Waals surface area (Å²) in [4.78, 5) is 14.1. The van der Waals surface area contributed by atoms with Gasteiger partial charge in [0.2, 0.25) is 0 Å². The number of ether oxygens (including phenoxy) is 3. The highest BCUT2D eigenvalue weighted by Gasteiger charge is 2.24. The number of hydrogen-bond acceptors (Lipinski definition) is 5. The Bertz CT molecular complexity index is 889. The second kappa shape index (κ2) is 9.70. The smallest absolute Gasteiger partial charge is 0.307 e. The molecule has 3 rings (SSSR count). The second-order valence-corrected chi connectivity index (χ2v) is 8.37. The molecule has 0 bridgehead atoms. The highest BCUT2D eigenvalue weighted by atomic mass is 19.1. The molecule has 1 aliphatic heterocycles. The molecule has 168 valence electrons. The fourth-order valence-corrected chi connectivity index (χ4v) is 3.24. The summed E-state index contributed by atoms with van der Waals surface area (Å²) in [7, 11) is 0. The Morgan fingerprint density at radius 1 is 1.13 bits per heavy atom. The van der Waals surface area contributed by atoms with E-state index in [1.807, 2.05) is 20.8 Å². The third-order valence-electron chi connectivity index (χ3n) is 4.64. The molecule has 1 atom stereocenters. The van der Waals surface area contributed by atoms with Crippen LogP contribution in [-0.2, 0) is 14.3 Å². The van der Waals surface area contributed by atoms with E-state index in [-0.39, 0.29) is 17.8 Å². The zero-order chi connectivity index (χ0) is 22.6. The van der Waals surface area contributed by atoms with Crippen molar-refractivity contribution in [1.29, 1.82) is 0 Å². The molecule has 8 heteroatoms. The number of hydrogen-bond donors (Lipinski definition) is 0. The number of esters is 1. The Labute approximate surface area is 179 Å². The third-order valence-corrected chi connectivity index (χ3v) is 4.64. The second-order valence-electron chi connectivity index (χ2n) is 8.37. The molecule has 0 saturated carbocycles. The molecule has 31 heavy (non-hydrogen) atoms. The predicted octanol–water partition coefficient (Wildman–Crippen LogP) is 5.00.